The van der Waals surface area contributed by atoms with Gasteiger partial charge in [-0.2, -0.15) is 0 Å². The molecule has 0 radical (unpaired) electrons. The van der Waals surface area contributed by atoms with Gasteiger partial charge in [0.25, 0.3) is 5.69 Å². The predicted octanol–water partition coefficient (Wildman–Crippen LogP) is 3.04. The average molecular weight is 302 g/mol. The molecule has 1 aromatic heterocycles. The van der Waals surface area contributed by atoms with Crippen molar-refractivity contribution in [3.8, 4) is 11.3 Å². The molecule has 0 aliphatic heterocycles. The highest BCUT2D eigenvalue weighted by atomic mass is 16.6. The van der Waals surface area contributed by atoms with Gasteiger partial charge >= 0.3 is 0 Å². The minimum absolute atomic E-state index is 0.120. The van der Waals surface area contributed by atoms with Crippen molar-refractivity contribution in [2.24, 2.45) is 7.05 Å². The van der Waals surface area contributed by atoms with E-state index in [0.29, 0.717) is 29.7 Å². The molecule has 116 valence electrons. The van der Waals surface area contributed by atoms with Crippen LogP contribution in [0.25, 0.3) is 11.3 Å². The van der Waals surface area contributed by atoms with Gasteiger partial charge in [-0.05, 0) is 25.0 Å². The Morgan fingerprint density at radius 2 is 2.18 bits per heavy atom. The molecule has 0 unspecified atom stereocenters. The molecule has 0 saturated carbocycles. The molecule has 0 bridgehead atoms. The van der Waals surface area contributed by atoms with Crippen LogP contribution in [0.15, 0.2) is 24.7 Å². The van der Waals surface area contributed by atoms with E-state index < -0.39 is 4.92 Å². The van der Waals surface area contributed by atoms with Gasteiger partial charge in [0.2, 0.25) is 5.91 Å². The zero-order valence-electron chi connectivity index (χ0n) is 12.8. The number of carbonyl (C=O) groups excluding carboxylic acids is 1. The molecule has 0 fully saturated rings. The smallest absolute Gasteiger partial charge is 0.293 e. The Bertz CT molecular complexity index is 722. The third-order valence-corrected chi connectivity index (χ3v) is 3.25. The Kier molecular flexibility index (Phi) is 4.55. The minimum atomic E-state index is -0.485. The number of imidazole rings is 1. The van der Waals surface area contributed by atoms with E-state index in [1.54, 1.807) is 30.1 Å². The van der Waals surface area contributed by atoms with Crippen molar-refractivity contribution in [3.05, 3.63) is 40.3 Å². The first-order valence-electron chi connectivity index (χ1n) is 6.99. The SMILES string of the molecule is CCCC(=O)Nc1c(C)cc(-c2cn(C)cn2)cc1[N+](=O)[O-]. The van der Waals surface area contributed by atoms with Crippen LogP contribution in [-0.4, -0.2) is 20.4 Å². The number of benzene rings is 1. The molecule has 0 spiro atoms. The summed E-state index contributed by atoms with van der Waals surface area (Å²) in [5.41, 5.74) is 2.07. The first-order valence-corrected chi connectivity index (χ1v) is 6.99. The largest absolute Gasteiger partial charge is 0.340 e. The molecular formula is C15H18N4O3. The summed E-state index contributed by atoms with van der Waals surface area (Å²) in [6, 6.07) is 3.23. The monoisotopic (exact) mass is 302 g/mol. The number of hydrogen-bond acceptors (Lipinski definition) is 4. The van der Waals surface area contributed by atoms with Crippen LogP contribution in [0.2, 0.25) is 0 Å². The fourth-order valence-electron chi connectivity index (χ4n) is 2.21. The number of aromatic nitrogens is 2. The number of rotatable bonds is 5. The lowest BCUT2D eigenvalue weighted by Crippen LogP contribution is -2.13. The zero-order valence-corrected chi connectivity index (χ0v) is 12.8. The molecular weight excluding hydrogens is 284 g/mol. The molecule has 0 aliphatic rings. The van der Waals surface area contributed by atoms with Crippen LogP contribution >= 0.6 is 0 Å². The normalized spacial score (nSPS) is 10.5. The van der Waals surface area contributed by atoms with E-state index in [1.807, 2.05) is 14.0 Å². The molecule has 0 aliphatic carbocycles. The Balaban J connectivity index is 2.47. The summed E-state index contributed by atoms with van der Waals surface area (Å²) in [5, 5.41) is 14.0. The maximum atomic E-state index is 11.7. The van der Waals surface area contributed by atoms with Gasteiger partial charge in [-0.15, -0.1) is 0 Å². The van der Waals surface area contributed by atoms with Crippen LogP contribution in [0.3, 0.4) is 0 Å². The standard InChI is InChI=1S/C15H18N4O3/c1-4-5-14(20)17-15-10(2)6-11(7-13(15)19(21)22)12-8-18(3)9-16-12/h6-9H,4-5H2,1-3H3,(H,17,20). The number of nitrogens with one attached hydrogen (secondary N) is 1. The van der Waals surface area contributed by atoms with Crippen molar-refractivity contribution in [1.82, 2.24) is 9.55 Å². The highest BCUT2D eigenvalue weighted by molar-refractivity contribution is 5.94. The van der Waals surface area contributed by atoms with Crippen molar-refractivity contribution in [2.75, 3.05) is 5.32 Å². The summed E-state index contributed by atoms with van der Waals surface area (Å²) < 4.78 is 1.77. The number of nitrogens with zero attached hydrogens (tertiary/aromatic N) is 3. The number of amides is 1. The number of nitro groups is 1. The van der Waals surface area contributed by atoms with E-state index in [9.17, 15) is 14.9 Å². The van der Waals surface area contributed by atoms with E-state index in [0.717, 1.165) is 0 Å². The molecule has 7 heteroatoms. The third kappa shape index (κ3) is 3.30. The van der Waals surface area contributed by atoms with Gasteiger partial charge in [-0.3, -0.25) is 14.9 Å². The van der Waals surface area contributed by atoms with Gasteiger partial charge in [0.15, 0.2) is 0 Å². The molecule has 22 heavy (non-hydrogen) atoms. The Morgan fingerprint density at radius 1 is 1.45 bits per heavy atom. The maximum absolute atomic E-state index is 11.7. The molecule has 1 amide bonds. The second-order valence-electron chi connectivity index (χ2n) is 5.17. The van der Waals surface area contributed by atoms with Gasteiger partial charge in [0.1, 0.15) is 5.69 Å². The fraction of sp³-hybridized carbons (Fsp3) is 0.333. The lowest BCUT2D eigenvalue weighted by molar-refractivity contribution is -0.383. The number of hydrogen-bond donors (Lipinski definition) is 1. The fourth-order valence-corrected chi connectivity index (χ4v) is 2.21. The van der Waals surface area contributed by atoms with Crippen molar-refractivity contribution >= 4 is 17.3 Å². The zero-order chi connectivity index (χ0) is 16.3. The summed E-state index contributed by atoms with van der Waals surface area (Å²) >= 11 is 0. The van der Waals surface area contributed by atoms with Gasteiger partial charge in [-0.25, -0.2) is 4.98 Å². The highest BCUT2D eigenvalue weighted by Gasteiger charge is 2.20. The van der Waals surface area contributed by atoms with Gasteiger partial charge in [0.05, 0.1) is 16.9 Å². The molecule has 7 nitrogen and oxygen atoms in total. The van der Waals surface area contributed by atoms with Gasteiger partial charge in [0, 0.05) is 31.3 Å². The summed E-state index contributed by atoms with van der Waals surface area (Å²) in [7, 11) is 1.83. The van der Waals surface area contributed by atoms with Crippen LogP contribution in [0, 0.1) is 17.0 Å². The van der Waals surface area contributed by atoms with E-state index in [-0.39, 0.29) is 17.3 Å². The molecule has 0 saturated heterocycles. The third-order valence-electron chi connectivity index (χ3n) is 3.25. The van der Waals surface area contributed by atoms with Crippen molar-refractivity contribution in [2.45, 2.75) is 26.7 Å². The molecule has 1 aromatic carbocycles. The van der Waals surface area contributed by atoms with Crippen LogP contribution in [-0.2, 0) is 11.8 Å². The number of anilines is 1. The van der Waals surface area contributed by atoms with E-state index in [4.69, 9.17) is 0 Å². The van der Waals surface area contributed by atoms with Gasteiger partial charge in [-0.1, -0.05) is 6.92 Å². The van der Waals surface area contributed by atoms with Crippen LogP contribution in [0.5, 0.6) is 0 Å². The minimum Gasteiger partial charge on any atom is -0.340 e. The Hall–Kier alpha value is -2.70. The molecule has 2 rings (SSSR count). The van der Waals surface area contributed by atoms with Crippen LogP contribution in [0.1, 0.15) is 25.3 Å². The Labute approximate surface area is 128 Å². The quantitative estimate of drug-likeness (QED) is 0.679. The van der Waals surface area contributed by atoms with E-state index in [2.05, 4.69) is 10.3 Å². The first kappa shape index (κ1) is 15.7. The van der Waals surface area contributed by atoms with Crippen LogP contribution in [0.4, 0.5) is 11.4 Å². The molecule has 1 heterocycles. The summed E-state index contributed by atoms with van der Waals surface area (Å²) in [4.78, 5) is 26.8. The number of aryl methyl sites for hydroxylation is 2. The second kappa shape index (κ2) is 6.38. The predicted molar refractivity (Wildman–Crippen MR) is 83.6 cm³/mol. The van der Waals surface area contributed by atoms with Crippen molar-refractivity contribution < 1.29 is 9.72 Å². The lowest BCUT2D eigenvalue weighted by atomic mass is 10.1. The summed E-state index contributed by atoms with van der Waals surface area (Å²) in [6.07, 6.45) is 4.44. The molecule has 2 aromatic rings. The van der Waals surface area contributed by atoms with E-state index in [1.165, 1.54) is 6.07 Å². The van der Waals surface area contributed by atoms with E-state index >= 15 is 0 Å². The highest BCUT2D eigenvalue weighted by Crippen LogP contribution is 2.33. The topological polar surface area (TPSA) is 90.1 Å². The molecule has 1 N–H and O–H groups in total. The number of nitro benzene ring substituents is 1. The summed E-state index contributed by atoms with van der Waals surface area (Å²) in [5.74, 6) is -0.223. The summed E-state index contributed by atoms with van der Waals surface area (Å²) in [6.45, 7) is 3.62. The molecule has 0 atom stereocenters. The van der Waals surface area contributed by atoms with Crippen LogP contribution < -0.4 is 5.32 Å². The van der Waals surface area contributed by atoms with Crippen molar-refractivity contribution in [3.63, 3.8) is 0 Å². The second-order valence-corrected chi connectivity index (χ2v) is 5.17. The maximum Gasteiger partial charge on any atom is 0.293 e. The van der Waals surface area contributed by atoms with Gasteiger partial charge < -0.3 is 9.88 Å². The lowest BCUT2D eigenvalue weighted by Gasteiger charge is -2.10. The average Bonchev–Trinajstić information content (AvgIpc) is 2.87. The van der Waals surface area contributed by atoms with Crippen molar-refractivity contribution in [1.29, 1.82) is 0 Å². The first-order chi connectivity index (χ1) is 10.4. The number of carbonyl (C=O) groups is 1. The Morgan fingerprint density at radius 3 is 2.73 bits per heavy atom.